The molecule has 0 spiro atoms. The molecule has 0 saturated carbocycles. The largest absolute Gasteiger partial charge is 0.355 e. The fourth-order valence-corrected chi connectivity index (χ4v) is 2.71. The molecule has 2 rings (SSSR count). The van der Waals surface area contributed by atoms with Crippen LogP contribution in [0.25, 0.3) is 10.2 Å². The van der Waals surface area contributed by atoms with Gasteiger partial charge in [0.1, 0.15) is 4.70 Å². The zero-order chi connectivity index (χ0) is 16.1. The van der Waals surface area contributed by atoms with E-state index in [1.807, 2.05) is 0 Å². The Balaban J connectivity index is 1.94. The lowest BCUT2D eigenvalue weighted by Gasteiger charge is -2.07. The molecule has 2 amide bonds. The zero-order valence-electron chi connectivity index (χ0n) is 12.0. The van der Waals surface area contributed by atoms with Crippen LogP contribution in [-0.2, 0) is 16.1 Å². The van der Waals surface area contributed by atoms with Crippen LogP contribution in [0.4, 0.5) is 0 Å². The normalized spacial score (nSPS) is 10.6. The minimum absolute atomic E-state index is 0.00791. The summed E-state index contributed by atoms with van der Waals surface area (Å²) in [7, 11) is 0. The number of amides is 2. The number of nitrogens with zero attached hydrogens (tertiary/aromatic N) is 1. The van der Waals surface area contributed by atoms with E-state index in [4.69, 9.17) is 0 Å². The maximum atomic E-state index is 12.1. The number of carbonyl (C=O) groups excluding carboxylic acids is 2. The molecular weight excluding hydrogens is 308 g/mol. The van der Waals surface area contributed by atoms with Gasteiger partial charge in [-0.3, -0.25) is 19.0 Å². The Morgan fingerprint density at radius 2 is 2.00 bits per heavy atom. The zero-order valence-corrected chi connectivity index (χ0v) is 12.8. The van der Waals surface area contributed by atoms with Gasteiger partial charge in [0, 0.05) is 33.0 Å². The van der Waals surface area contributed by atoms with Gasteiger partial charge in [0.05, 0.1) is 5.52 Å². The third-order valence-electron chi connectivity index (χ3n) is 2.97. The van der Waals surface area contributed by atoms with Gasteiger partial charge in [-0.05, 0) is 11.4 Å². The van der Waals surface area contributed by atoms with E-state index < -0.39 is 5.69 Å². The van der Waals surface area contributed by atoms with E-state index in [0.717, 1.165) is 4.57 Å². The molecule has 0 bridgehead atoms. The molecule has 0 unspecified atom stereocenters. The van der Waals surface area contributed by atoms with Gasteiger partial charge in [-0.1, -0.05) is 0 Å². The van der Waals surface area contributed by atoms with Gasteiger partial charge in [-0.25, -0.2) is 4.79 Å². The van der Waals surface area contributed by atoms with E-state index in [0.29, 0.717) is 23.3 Å². The van der Waals surface area contributed by atoms with E-state index in [1.165, 1.54) is 18.3 Å². The molecule has 0 aliphatic heterocycles. The quantitative estimate of drug-likeness (QED) is 0.615. The Kier molecular flexibility index (Phi) is 5.10. The first kappa shape index (κ1) is 16.0. The van der Waals surface area contributed by atoms with Crippen LogP contribution in [-0.4, -0.2) is 34.5 Å². The minimum Gasteiger partial charge on any atom is -0.355 e. The standard InChI is InChI=1S/C13H16N4O4S/c1-8(18)14-4-5-15-10(19)2-6-17-12(20)11-9(3-7-22-11)16-13(17)21/h3,7H,2,4-6H2,1H3,(H,14,18)(H,15,19)(H,16,21). The van der Waals surface area contributed by atoms with Crippen molar-refractivity contribution in [2.75, 3.05) is 13.1 Å². The molecule has 2 heterocycles. The Morgan fingerprint density at radius 1 is 1.27 bits per heavy atom. The molecule has 9 heteroatoms. The third-order valence-corrected chi connectivity index (χ3v) is 3.88. The van der Waals surface area contributed by atoms with Crippen LogP contribution in [0.1, 0.15) is 13.3 Å². The summed E-state index contributed by atoms with van der Waals surface area (Å²) in [5, 5.41) is 6.87. The highest BCUT2D eigenvalue weighted by molar-refractivity contribution is 7.17. The number of thiophene rings is 1. The first-order valence-electron chi connectivity index (χ1n) is 6.70. The maximum absolute atomic E-state index is 12.1. The highest BCUT2D eigenvalue weighted by Gasteiger charge is 2.10. The minimum atomic E-state index is -0.526. The Bertz CT molecular complexity index is 804. The number of rotatable bonds is 6. The molecule has 0 radical (unpaired) electrons. The summed E-state index contributed by atoms with van der Waals surface area (Å²) in [6.07, 6.45) is 0.0138. The predicted octanol–water partition coefficient (Wildman–Crippen LogP) is -0.606. The molecule has 3 N–H and O–H groups in total. The molecule has 8 nitrogen and oxygen atoms in total. The van der Waals surface area contributed by atoms with Crippen molar-refractivity contribution >= 4 is 33.4 Å². The molecule has 118 valence electrons. The summed E-state index contributed by atoms with van der Waals surface area (Å²) < 4.78 is 1.48. The molecule has 0 atom stereocenters. The molecule has 22 heavy (non-hydrogen) atoms. The number of nitrogens with one attached hydrogen (secondary N) is 3. The van der Waals surface area contributed by atoms with Crippen molar-refractivity contribution in [3.8, 4) is 0 Å². The number of hydrogen-bond donors (Lipinski definition) is 3. The van der Waals surface area contributed by atoms with E-state index >= 15 is 0 Å². The number of aromatic nitrogens is 2. The molecule has 0 aromatic carbocycles. The van der Waals surface area contributed by atoms with Crippen molar-refractivity contribution < 1.29 is 9.59 Å². The van der Waals surface area contributed by atoms with Gasteiger partial charge in [0.2, 0.25) is 11.8 Å². The Morgan fingerprint density at radius 3 is 2.73 bits per heavy atom. The Labute approximate surface area is 129 Å². The van der Waals surface area contributed by atoms with Crippen molar-refractivity contribution in [3.63, 3.8) is 0 Å². The van der Waals surface area contributed by atoms with Gasteiger partial charge in [-0.15, -0.1) is 11.3 Å². The van der Waals surface area contributed by atoms with Crippen molar-refractivity contribution in [2.24, 2.45) is 0 Å². The number of H-pyrrole nitrogens is 1. The lowest BCUT2D eigenvalue weighted by molar-refractivity contribution is -0.122. The van der Waals surface area contributed by atoms with Crippen LogP contribution in [0.2, 0.25) is 0 Å². The predicted molar refractivity (Wildman–Crippen MR) is 83.0 cm³/mol. The second kappa shape index (κ2) is 7.03. The summed E-state index contributed by atoms with van der Waals surface area (Å²) in [4.78, 5) is 48.9. The summed E-state index contributed by atoms with van der Waals surface area (Å²) in [5.41, 5.74) is -0.405. The molecule has 0 aliphatic carbocycles. The molecule has 0 aliphatic rings. The van der Waals surface area contributed by atoms with Crippen LogP contribution in [0.5, 0.6) is 0 Å². The van der Waals surface area contributed by atoms with Crippen molar-refractivity contribution in [1.82, 2.24) is 20.2 Å². The first-order valence-corrected chi connectivity index (χ1v) is 7.58. The molecule has 0 fully saturated rings. The smallest absolute Gasteiger partial charge is 0.328 e. The lowest BCUT2D eigenvalue weighted by Crippen LogP contribution is -2.37. The van der Waals surface area contributed by atoms with Gasteiger partial charge < -0.3 is 15.6 Å². The molecule has 0 saturated heterocycles. The topological polar surface area (TPSA) is 113 Å². The van der Waals surface area contributed by atoms with E-state index in [1.54, 1.807) is 11.4 Å². The van der Waals surface area contributed by atoms with E-state index in [-0.39, 0.29) is 30.3 Å². The maximum Gasteiger partial charge on any atom is 0.328 e. The average molecular weight is 324 g/mol. The summed E-state index contributed by atoms with van der Waals surface area (Å²) in [6, 6.07) is 1.67. The monoisotopic (exact) mass is 324 g/mol. The highest BCUT2D eigenvalue weighted by atomic mass is 32.1. The fourth-order valence-electron chi connectivity index (χ4n) is 1.92. The summed E-state index contributed by atoms with van der Waals surface area (Å²) in [6.45, 7) is 2.03. The Hall–Kier alpha value is -2.42. The lowest BCUT2D eigenvalue weighted by atomic mass is 10.3. The molecular formula is C13H16N4O4S. The van der Waals surface area contributed by atoms with Crippen LogP contribution >= 0.6 is 11.3 Å². The van der Waals surface area contributed by atoms with Crippen LogP contribution in [0.3, 0.4) is 0 Å². The van der Waals surface area contributed by atoms with Crippen LogP contribution < -0.4 is 21.9 Å². The second-order valence-electron chi connectivity index (χ2n) is 4.63. The molecule has 2 aromatic heterocycles. The summed E-state index contributed by atoms with van der Waals surface area (Å²) >= 11 is 1.25. The van der Waals surface area contributed by atoms with E-state index in [9.17, 15) is 19.2 Å². The van der Waals surface area contributed by atoms with Gasteiger partial charge in [-0.2, -0.15) is 0 Å². The third kappa shape index (κ3) is 3.82. The SMILES string of the molecule is CC(=O)NCCNC(=O)CCn1c(=O)[nH]c2ccsc2c1=O. The average Bonchev–Trinajstić information content (AvgIpc) is 2.91. The molecule has 2 aromatic rings. The van der Waals surface area contributed by atoms with Crippen LogP contribution in [0.15, 0.2) is 21.0 Å². The van der Waals surface area contributed by atoms with Crippen molar-refractivity contribution in [1.29, 1.82) is 0 Å². The van der Waals surface area contributed by atoms with E-state index in [2.05, 4.69) is 15.6 Å². The first-order chi connectivity index (χ1) is 10.5. The fraction of sp³-hybridized carbons (Fsp3) is 0.385. The second-order valence-corrected chi connectivity index (χ2v) is 5.55. The van der Waals surface area contributed by atoms with Crippen LogP contribution in [0, 0.1) is 0 Å². The number of fused-ring (bicyclic) bond motifs is 1. The van der Waals surface area contributed by atoms with Gasteiger partial charge in [0.25, 0.3) is 5.56 Å². The number of aromatic amines is 1. The van der Waals surface area contributed by atoms with Gasteiger partial charge >= 0.3 is 5.69 Å². The number of hydrogen-bond acceptors (Lipinski definition) is 5. The number of carbonyl (C=O) groups is 2. The van der Waals surface area contributed by atoms with Crippen molar-refractivity contribution in [2.45, 2.75) is 19.9 Å². The highest BCUT2D eigenvalue weighted by Crippen LogP contribution is 2.11. The van der Waals surface area contributed by atoms with Gasteiger partial charge in [0.15, 0.2) is 0 Å². The van der Waals surface area contributed by atoms with Crippen molar-refractivity contribution in [3.05, 3.63) is 32.3 Å². The summed E-state index contributed by atoms with van der Waals surface area (Å²) in [5.74, 6) is -0.459.